The van der Waals surface area contributed by atoms with E-state index in [1.54, 1.807) is 6.07 Å². The van der Waals surface area contributed by atoms with Gasteiger partial charge in [-0.1, -0.05) is 12.1 Å². The quantitative estimate of drug-likeness (QED) is 0.632. The summed E-state index contributed by atoms with van der Waals surface area (Å²) in [4.78, 5) is 10.4. The van der Waals surface area contributed by atoms with Gasteiger partial charge >= 0.3 is 0 Å². The second-order valence-corrected chi connectivity index (χ2v) is 3.66. The van der Waals surface area contributed by atoms with Crippen LogP contribution in [-0.4, -0.2) is 11.8 Å². The Bertz CT molecular complexity index is 288. The van der Waals surface area contributed by atoms with E-state index in [4.69, 9.17) is 16.3 Å². The zero-order valence-electron chi connectivity index (χ0n) is 6.09. The van der Waals surface area contributed by atoms with Crippen LogP contribution in [-0.2, 0) is 4.79 Å². The van der Waals surface area contributed by atoms with Crippen molar-refractivity contribution in [2.45, 2.75) is 0 Å². The summed E-state index contributed by atoms with van der Waals surface area (Å²) in [5.41, 5.74) is 0. The van der Waals surface area contributed by atoms with Gasteiger partial charge < -0.3 is 4.74 Å². The lowest BCUT2D eigenvalue weighted by molar-refractivity contribution is -0.113. The van der Waals surface area contributed by atoms with E-state index in [1.807, 2.05) is 18.2 Å². The van der Waals surface area contributed by atoms with Crippen molar-refractivity contribution >= 4 is 39.4 Å². The second kappa shape index (κ2) is 4.67. The van der Waals surface area contributed by atoms with E-state index in [-0.39, 0.29) is 6.61 Å². The minimum Gasteiger partial charge on any atom is -0.483 e. The van der Waals surface area contributed by atoms with Crippen molar-refractivity contribution in [3.05, 3.63) is 27.8 Å². The van der Waals surface area contributed by atoms with Gasteiger partial charge in [0, 0.05) is 0 Å². The second-order valence-electron chi connectivity index (χ2n) is 2.07. The van der Waals surface area contributed by atoms with Crippen molar-refractivity contribution in [2.75, 3.05) is 6.61 Å². The first-order chi connectivity index (χ1) is 5.70. The molecule has 4 heteroatoms. The number of ether oxygens (including phenoxy) is 1. The molecule has 0 saturated heterocycles. The number of para-hydroxylation sites is 1. The van der Waals surface area contributed by atoms with E-state index in [9.17, 15) is 4.79 Å². The minimum atomic E-state index is -0.491. The molecule has 2 nitrogen and oxygen atoms in total. The van der Waals surface area contributed by atoms with Gasteiger partial charge in [0.1, 0.15) is 5.75 Å². The normalized spacial score (nSPS) is 9.50. The molecule has 1 aromatic rings. The summed E-state index contributed by atoms with van der Waals surface area (Å²) >= 11 is 7.24. The lowest BCUT2D eigenvalue weighted by Crippen LogP contribution is -2.04. The van der Waals surface area contributed by atoms with Crippen LogP contribution < -0.4 is 4.74 Å². The highest BCUT2D eigenvalue weighted by Crippen LogP contribution is 2.19. The van der Waals surface area contributed by atoms with Gasteiger partial charge in [0.25, 0.3) is 5.24 Å². The van der Waals surface area contributed by atoms with Gasteiger partial charge in [-0.3, -0.25) is 4.79 Å². The SMILES string of the molecule is O=C(Cl)COc1ccccc1I. The highest BCUT2D eigenvalue weighted by molar-refractivity contribution is 14.1. The smallest absolute Gasteiger partial charge is 0.259 e. The molecule has 0 spiro atoms. The van der Waals surface area contributed by atoms with Crippen molar-refractivity contribution in [1.82, 2.24) is 0 Å². The van der Waals surface area contributed by atoms with Gasteiger partial charge in [0.2, 0.25) is 0 Å². The number of carbonyl (C=O) groups is 1. The molecule has 0 radical (unpaired) electrons. The van der Waals surface area contributed by atoms with E-state index in [0.717, 1.165) is 3.57 Å². The monoisotopic (exact) mass is 296 g/mol. The van der Waals surface area contributed by atoms with E-state index < -0.39 is 5.24 Å². The van der Waals surface area contributed by atoms with Gasteiger partial charge in [-0.05, 0) is 46.3 Å². The molecular formula is C8H6ClIO2. The third kappa shape index (κ3) is 2.98. The van der Waals surface area contributed by atoms with E-state index in [1.165, 1.54) is 0 Å². The van der Waals surface area contributed by atoms with Crippen LogP contribution in [0.4, 0.5) is 0 Å². The maximum absolute atomic E-state index is 10.4. The summed E-state index contributed by atoms with van der Waals surface area (Å²) < 4.78 is 6.07. The molecule has 12 heavy (non-hydrogen) atoms. The number of halogens is 2. The van der Waals surface area contributed by atoms with Gasteiger partial charge in [-0.2, -0.15) is 0 Å². The Kier molecular flexibility index (Phi) is 3.81. The van der Waals surface area contributed by atoms with Crippen molar-refractivity contribution in [1.29, 1.82) is 0 Å². The zero-order chi connectivity index (χ0) is 8.97. The molecule has 0 saturated carbocycles. The molecule has 0 amide bonds. The standard InChI is InChI=1S/C8H6ClIO2/c9-8(11)5-12-7-4-2-1-3-6(7)10/h1-4H,5H2. The van der Waals surface area contributed by atoms with E-state index in [2.05, 4.69) is 22.6 Å². The molecule has 0 aliphatic heterocycles. The zero-order valence-corrected chi connectivity index (χ0v) is 9.00. The maximum Gasteiger partial charge on any atom is 0.259 e. The number of rotatable bonds is 3. The van der Waals surface area contributed by atoms with Crippen LogP contribution in [0, 0.1) is 3.57 Å². The Balaban J connectivity index is 2.63. The van der Waals surface area contributed by atoms with Crippen molar-refractivity contribution < 1.29 is 9.53 Å². The fraction of sp³-hybridized carbons (Fsp3) is 0.125. The van der Waals surface area contributed by atoms with Gasteiger partial charge in [0.15, 0.2) is 6.61 Å². The van der Waals surface area contributed by atoms with Crippen LogP contribution >= 0.6 is 34.2 Å². The molecule has 0 aromatic heterocycles. The summed E-state index contributed by atoms with van der Waals surface area (Å²) in [6.07, 6.45) is 0. The Labute approximate surface area is 89.0 Å². The van der Waals surface area contributed by atoms with Crippen LogP contribution in [0.25, 0.3) is 0 Å². The lowest BCUT2D eigenvalue weighted by atomic mass is 10.3. The van der Waals surface area contributed by atoms with Crippen molar-refractivity contribution in [3.8, 4) is 5.75 Å². The first-order valence-electron chi connectivity index (χ1n) is 3.26. The average molecular weight is 296 g/mol. The van der Waals surface area contributed by atoms with Crippen LogP contribution in [0.5, 0.6) is 5.75 Å². The Morgan fingerprint density at radius 3 is 2.75 bits per heavy atom. The summed E-state index contributed by atoms with van der Waals surface area (Å²) in [5.74, 6) is 0.687. The Hall–Kier alpha value is -0.290. The van der Waals surface area contributed by atoms with E-state index >= 15 is 0 Å². The molecule has 0 aliphatic rings. The predicted octanol–water partition coefficient (Wildman–Crippen LogP) is 2.44. The summed E-state index contributed by atoms with van der Waals surface area (Å²) in [6, 6.07) is 7.43. The molecule has 0 bridgehead atoms. The van der Waals surface area contributed by atoms with Crippen LogP contribution in [0.2, 0.25) is 0 Å². The number of carbonyl (C=O) groups excluding carboxylic acids is 1. The molecule has 0 fully saturated rings. The highest BCUT2D eigenvalue weighted by atomic mass is 127. The molecule has 1 aromatic carbocycles. The topological polar surface area (TPSA) is 26.3 Å². The molecule has 0 heterocycles. The Morgan fingerprint density at radius 2 is 2.17 bits per heavy atom. The Morgan fingerprint density at radius 1 is 1.50 bits per heavy atom. The van der Waals surface area contributed by atoms with Gasteiger partial charge in [-0.25, -0.2) is 0 Å². The number of hydrogen-bond acceptors (Lipinski definition) is 2. The molecule has 1 rings (SSSR count). The molecule has 0 atom stereocenters. The third-order valence-corrected chi connectivity index (χ3v) is 2.18. The highest BCUT2D eigenvalue weighted by Gasteiger charge is 2.00. The third-order valence-electron chi connectivity index (χ3n) is 1.18. The van der Waals surface area contributed by atoms with Crippen LogP contribution in [0.1, 0.15) is 0 Å². The molecule has 0 aliphatic carbocycles. The molecule has 0 unspecified atom stereocenters. The largest absolute Gasteiger partial charge is 0.483 e. The fourth-order valence-electron chi connectivity index (χ4n) is 0.696. The number of hydrogen-bond donors (Lipinski definition) is 0. The number of benzene rings is 1. The van der Waals surface area contributed by atoms with Crippen molar-refractivity contribution in [3.63, 3.8) is 0 Å². The van der Waals surface area contributed by atoms with Crippen LogP contribution in [0.15, 0.2) is 24.3 Å². The van der Waals surface area contributed by atoms with Crippen molar-refractivity contribution in [2.24, 2.45) is 0 Å². The molecular weight excluding hydrogens is 290 g/mol. The minimum absolute atomic E-state index is 0.0818. The summed E-state index contributed by atoms with van der Waals surface area (Å²) in [6.45, 7) is -0.0818. The molecule has 0 N–H and O–H groups in total. The van der Waals surface area contributed by atoms with Gasteiger partial charge in [-0.15, -0.1) is 0 Å². The fourth-order valence-corrected chi connectivity index (χ4v) is 1.29. The summed E-state index contributed by atoms with van der Waals surface area (Å²) in [5, 5.41) is -0.491. The first-order valence-corrected chi connectivity index (χ1v) is 4.71. The lowest BCUT2D eigenvalue weighted by Gasteiger charge is -2.03. The van der Waals surface area contributed by atoms with E-state index in [0.29, 0.717) is 5.75 Å². The van der Waals surface area contributed by atoms with Crippen LogP contribution in [0.3, 0.4) is 0 Å². The maximum atomic E-state index is 10.4. The summed E-state index contributed by atoms with van der Waals surface area (Å²) in [7, 11) is 0. The molecule has 64 valence electrons. The first kappa shape index (κ1) is 9.80. The van der Waals surface area contributed by atoms with Gasteiger partial charge in [0.05, 0.1) is 3.57 Å². The predicted molar refractivity (Wildman–Crippen MR) is 55.5 cm³/mol. The average Bonchev–Trinajstić information content (AvgIpc) is 2.03.